The first-order valence-corrected chi connectivity index (χ1v) is 6.35. The van der Waals surface area contributed by atoms with Crippen LogP contribution in [0.5, 0.6) is 0 Å². The van der Waals surface area contributed by atoms with Gasteiger partial charge in [-0.25, -0.2) is 4.98 Å². The van der Waals surface area contributed by atoms with Crippen LogP contribution in [0, 0.1) is 5.92 Å². The molecule has 98 valence electrons. The fourth-order valence-electron chi connectivity index (χ4n) is 2.07. The summed E-state index contributed by atoms with van der Waals surface area (Å²) < 4.78 is 5.24. The summed E-state index contributed by atoms with van der Waals surface area (Å²) in [6.07, 6.45) is 3.83. The highest BCUT2D eigenvalue weighted by Crippen LogP contribution is 2.15. The number of methoxy groups -OCH3 is 1. The van der Waals surface area contributed by atoms with Gasteiger partial charge in [-0.2, -0.15) is 0 Å². The zero-order chi connectivity index (χ0) is 13.0. The third kappa shape index (κ3) is 2.89. The predicted molar refractivity (Wildman–Crippen MR) is 73.4 cm³/mol. The summed E-state index contributed by atoms with van der Waals surface area (Å²) in [7, 11) is 1.74. The maximum Gasteiger partial charge on any atom is 0.137 e. The zero-order valence-electron chi connectivity index (χ0n) is 11.2. The normalized spacial score (nSPS) is 13.3. The molecule has 4 nitrogen and oxygen atoms in total. The minimum absolute atomic E-state index is 0.372. The highest BCUT2D eigenvalue weighted by molar-refractivity contribution is 5.79. The molecule has 0 amide bonds. The maximum absolute atomic E-state index is 5.24. The second-order valence-electron chi connectivity index (χ2n) is 4.90. The van der Waals surface area contributed by atoms with Gasteiger partial charge in [0.2, 0.25) is 0 Å². The molecule has 0 aliphatic carbocycles. The molecule has 1 atom stereocenters. The smallest absolute Gasteiger partial charge is 0.137 e. The summed E-state index contributed by atoms with van der Waals surface area (Å²) >= 11 is 0. The summed E-state index contributed by atoms with van der Waals surface area (Å²) in [6, 6.07) is 4.43. The number of rotatable bonds is 6. The van der Waals surface area contributed by atoms with Crippen molar-refractivity contribution in [2.45, 2.75) is 26.4 Å². The van der Waals surface area contributed by atoms with Gasteiger partial charge in [0.05, 0.1) is 6.61 Å². The van der Waals surface area contributed by atoms with Crippen LogP contribution < -0.4 is 5.32 Å². The fourth-order valence-corrected chi connectivity index (χ4v) is 2.07. The molecule has 2 aromatic rings. The number of pyridine rings is 1. The molecule has 2 rings (SSSR count). The monoisotopic (exact) mass is 247 g/mol. The van der Waals surface area contributed by atoms with Crippen LogP contribution in [0.25, 0.3) is 11.0 Å². The Bertz CT molecular complexity index is 492. The van der Waals surface area contributed by atoms with E-state index in [1.54, 1.807) is 13.3 Å². The van der Waals surface area contributed by atoms with Crippen molar-refractivity contribution in [3.05, 3.63) is 30.1 Å². The van der Waals surface area contributed by atoms with Gasteiger partial charge in [-0.15, -0.1) is 0 Å². The number of hydrogen-bond acceptors (Lipinski definition) is 3. The van der Waals surface area contributed by atoms with E-state index in [1.165, 1.54) is 10.9 Å². The Balaban J connectivity index is 2.05. The van der Waals surface area contributed by atoms with E-state index in [1.807, 2.05) is 12.3 Å². The first kappa shape index (κ1) is 13.1. The molecule has 0 spiro atoms. The zero-order valence-corrected chi connectivity index (χ0v) is 11.2. The van der Waals surface area contributed by atoms with E-state index in [2.05, 4.69) is 35.2 Å². The van der Waals surface area contributed by atoms with Gasteiger partial charge in [0.1, 0.15) is 5.65 Å². The van der Waals surface area contributed by atoms with E-state index >= 15 is 0 Å². The second kappa shape index (κ2) is 5.98. The van der Waals surface area contributed by atoms with E-state index < -0.39 is 0 Å². The van der Waals surface area contributed by atoms with E-state index in [4.69, 9.17) is 4.74 Å². The third-order valence-corrected chi connectivity index (χ3v) is 3.24. The molecule has 0 saturated carbocycles. The van der Waals surface area contributed by atoms with Gasteiger partial charge in [0.15, 0.2) is 0 Å². The van der Waals surface area contributed by atoms with Crippen molar-refractivity contribution in [2.24, 2.45) is 5.92 Å². The summed E-state index contributed by atoms with van der Waals surface area (Å²) in [4.78, 5) is 7.48. The number of nitrogens with one attached hydrogen (secondary N) is 2. The number of nitrogens with zero attached hydrogens (tertiary/aromatic N) is 1. The SMILES string of the molecule is COCC(NCc1c[nH]c2ncccc12)C(C)C. The van der Waals surface area contributed by atoms with Crippen LogP contribution in [-0.2, 0) is 11.3 Å². The molecular formula is C14H21N3O. The second-order valence-corrected chi connectivity index (χ2v) is 4.90. The van der Waals surface area contributed by atoms with Gasteiger partial charge in [-0.1, -0.05) is 13.8 Å². The van der Waals surface area contributed by atoms with Crippen molar-refractivity contribution in [2.75, 3.05) is 13.7 Å². The van der Waals surface area contributed by atoms with Crippen molar-refractivity contribution in [1.82, 2.24) is 15.3 Å². The average Bonchev–Trinajstić information content (AvgIpc) is 2.77. The van der Waals surface area contributed by atoms with Crippen LogP contribution in [0.2, 0.25) is 0 Å². The Morgan fingerprint density at radius 2 is 2.28 bits per heavy atom. The van der Waals surface area contributed by atoms with Gasteiger partial charge in [-0.3, -0.25) is 0 Å². The van der Waals surface area contributed by atoms with Crippen LogP contribution in [0.4, 0.5) is 0 Å². The van der Waals surface area contributed by atoms with Crippen molar-refractivity contribution in [1.29, 1.82) is 0 Å². The summed E-state index contributed by atoms with van der Waals surface area (Å²) in [5.74, 6) is 0.549. The first-order chi connectivity index (χ1) is 8.72. The Morgan fingerprint density at radius 3 is 3.00 bits per heavy atom. The van der Waals surface area contributed by atoms with Crippen LogP contribution >= 0.6 is 0 Å². The minimum Gasteiger partial charge on any atom is -0.383 e. The first-order valence-electron chi connectivity index (χ1n) is 6.35. The number of H-pyrrole nitrogens is 1. The number of hydrogen-bond donors (Lipinski definition) is 2. The lowest BCUT2D eigenvalue weighted by Crippen LogP contribution is -2.37. The molecule has 1 unspecified atom stereocenters. The molecule has 0 bridgehead atoms. The van der Waals surface area contributed by atoms with Gasteiger partial charge in [0.25, 0.3) is 0 Å². The van der Waals surface area contributed by atoms with E-state index in [0.29, 0.717) is 12.0 Å². The fraction of sp³-hybridized carbons (Fsp3) is 0.500. The molecule has 0 radical (unpaired) electrons. The van der Waals surface area contributed by atoms with Gasteiger partial charge in [-0.05, 0) is 23.6 Å². The Labute approximate surface area is 108 Å². The minimum atomic E-state index is 0.372. The molecule has 0 aliphatic heterocycles. The average molecular weight is 247 g/mol. The quantitative estimate of drug-likeness (QED) is 0.823. The van der Waals surface area contributed by atoms with Crippen LogP contribution in [0.15, 0.2) is 24.5 Å². The molecule has 0 fully saturated rings. The molecule has 4 heteroatoms. The number of fused-ring (bicyclic) bond motifs is 1. The summed E-state index contributed by atoms with van der Waals surface area (Å²) in [5.41, 5.74) is 2.20. The Morgan fingerprint density at radius 1 is 1.44 bits per heavy atom. The summed E-state index contributed by atoms with van der Waals surface area (Å²) in [5, 5.41) is 4.73. The number of aromatic amines is 1. The highest BCUT2D eigenvalue weighted by atomic mass is 16.5. The van der Waals surface area contributed by atoms with E-state index in [0.717, 1.165) is 18.8 Å². The Kier molecular flexibility index (Phi) is 4.33. The molecular weight excluding hydrogens is 226 g/mol. The lowest BCUT2D eigenvalue weighted by Gasteiger charge is -2.21. The van der Waals surface area contributed by atoms with Gasteiger partial charge < -0.3 is 15.0 Å². The van der Waals surface area contributed by atoms with Gasteiger partial charge in [0, 0.05) is 37.5 Å². The van der Waals surface area contributed by atoms with Crippen LogP contribution in [-0.4, -0.2) is 29.7 Å². The maximum atomic E-state index is 5.24. The summed E-state index contributed by atoms with van der Waals surface area (Å²) in [6.45, 7) is 5.97. The largest absolute Gasteiger partial charge is 0.383 e. The van der Waals surface area contributed by atoms with Crippen LogP contribution in [0.1, 0.15) is 19.4 Å². The van der Waals surface area contributed by atoms with E-state index in [9.17, 15) is 0 Å². The lowest BCUT2D eigenvalue weighted by molar-refractivity contribution is 0.146. The molecule has 0 aromatic carbocycles. The van der Waals surface area contributed by atoms with Gasteiger partial charge >= 0.3 is 0 Å². The van der Waals surface area contributed by atoms with Crippen molar-refractivity contribution >= 4 is 11.0 Å². The predicted octanol–water partition coefficient (Wildman–Crippen LogP) is 2.32. The molecule has 0 aliphatic rings. The lowest BCUT2D eigenvalue weighted by atomic mass is 10.1. The van der Waals surface area contributed by atoms with Crippen LogP contribution in [0.3, 0.4) is 0 Å². The molecule has 0 saturated heterocycles. The van der Waals surface area contributed by atoms with Crippen molar-refractivity contribution in [3.63, 3.8) is 0 Å². The number of ether oxygens (including phenoxy) is 1. The molecule has 2 heterocycles. The van der Waals surface area contributed by atoms with Crippen molar-refractivity contribution < 1.29 is 4.74 Å². The Hall–Kier alpha value is -1.39. The number of aromatic nitrogens is 2. The highest BCUT2D eigenvalue weighted by Gasteiger charge is 2.13. The van der Waals surface area contributed by atoms with E-state index in [-0.39, 0.29) is 0 Å². The third-order valence-electron chi connectivity index (χ3n) is 3.24. The molecule has 18 heavy (non-hydrogen) atoms. The molecule has 2 N–H and O–H groups in total. The van der Waals surface area contributed by atoms with Crippen molar-refractivity contribution in [3.8, 4) is 0 Å². The molecule has 2 aromatic heterocycles. The topological polar surface area (TPSA) is 49.9 Å². The standard InChI is InChI=1S/C14H21N3O/c1-10(2)13(9-18-3)16-7-11-8-17-14-12(11)5-4-6-15-14/h4-6,8,10,13,16H,7,9H2,1-3H3,(H,15,17).